The van der Waals surface area contributed by atoms with E-state index in [1.54, 1.807) is 12.1 Å². The first kappa shape index (κ1) is 9.66. The van der Waals surface area contributed by atoms with Gasteiger partial charge in [-0.2, -0.15) is 4.09 Å². The van der Waals surface area contributed by atoms with E-state index in [2.05, 4.69) is 28.3 Å². The first-order valence-electron chi connectivity index (χ1n) is 4.00. The Hall–Kier alpha value is -1.89. The van der Waals surface area contributed by atoms with Gasteiger partial charge in [-0.25, -0.2) is 4.79 Å². The maximum atomic E-state index is 10.7. The lowest BCUT2D eigenvalue weighted by Crippen LogP contribution is -1.97. The zero-order chi connectivity index (χ0) is 10.8. The number of aromatic carboxylic acids is 1. The normalized spacial score (nSPS) is 10.2. The number of hydrogen-bond acceptors (Lipinski definition) is 5. The molecule has 0 aliphatic heterocycles. The van der Waals surface area contributed by atoms with Crippen LogP contribution in [0.25, 0.3) is 11.4 Å². The highest BCUT2D eigenvalue weighted by Crippen LogP contribution is 2.17. The van der Waals surface area contributed by atoms with E-state index in [9.17, 15) is 4.79 Å². The Morgan fingerprint density at radius 3 is 2.87 bits per heavy atom. The second-order valence-corrected chi connectivity index (χ2v) is 3.16. The summed E-state index contributed by atoms with van der Waals surface area (Å²) in [5, 5.41) is 19.5. The van der Waals surface area contributed by atoms with Gasteiger partial charge in [0.2, 0.25) is 0 Å². The van der Waals surface area contributed by atoms with Crippen molar-refractivity contribution in [3.8, 4) is 11.4 Å². The lowest BCUT2D eigenvalue weighted by molar-refractivity contribution is 0.0697. The summed E-state index contributed by atoms with van der Waals surface area (Å²) >= 11 is 3.98. The Morgan fingerprint density at radius 2 is 2.27 bits per heavy atom. The number of carbonyl (C=O) groups is 1. The van der Waals surface area contributed by atoms with Gasteiger partial charge in [-0.05, 0) is 35.4 Å². The number of carboxylic acid groups (broad SMARTS) is 1. The molecule has 0 fully saturated rings. The van der Waals surface area contributed by atoms with Crippen molar-refractivity contribution in [1.82, 2.24) is 19.6 Å². The highest BCUT2D eigenvalue weighted by atomic mass is 32.1. The van der Waals surface area contributed by atoms with Crippen molar-refractivity contribution in [1.29, 1.82) is 0 Å². The monoisotopic (exact) mass is 222 g/mol. The molecule has 0 aliphatic rings. The molecule has 1 heterocycles. The molecular formula is C8H6N4O2S. The predicted molar refractivity (Wildman–Crippen MR) is 54.6 cm³/mol. The number of rotatable bonds is 2. The molecule has 1 aromatic carbocycles. The molecule has 7 heteroatoms. The Morgan fingerprint density at radius 1 is 1.47 bits per heavy atom. The van der Waals surface area contributed by atoms with E-state index in [4.69, 9.17) is 5.11 Å². The van der Waals surface area contributed by atoms with Crippen LogP contribution in [0.1, 0.15) is 10.4 Å². The molecule has 76 valence electrons. The van der Waals surface area contributed by atoms with E-state index >= 15 is 0 Å². The minimum atomic E-state index is -0.991. The molecule has 0 atom stereocenters. The van der Waals surface area contributed by atoms with Gasteiger partial charge < -0.3 is 5.11 Å². The summed E-state index contributed by atoms with van der Waals surface area (Å²) in [4.78, 5) is 10.7. The first-order chi connectivity index (χ1) is 7.18. The second-order valence-electron chi connectivity index (χ2n) is 2.78. The topological polar surface area (TPSA) is 80.9 Å². The minimum absolute atomic E-state index is 0.184. The predicted octanol–water partition coefficient (Wildman–Crippen LogP) is 0.731. The fourth-order valence-electron chi connectivity index (χ4n) is 1.15. The van der Waals surface area contributed by atoms with Crippen LogP contribution >= 0.6 is 12.8 Å². The minimum Gasteiger partial charge on any atom is -0.478 e. The van der Waals surface area contributed by atoms with E-state index in [0.717, 1.165) is 0 Å². The number of thiol groups is 1. The van der Waals surface area contributed by atoms with Crippen LogP contribution in [0.2, 0.25) is 0 Å². The average molecular weight is 222 g/mol. The summed E-state index contributed by atoms with van der Waals surface area (Å²) in [6.07, 6.45) is 0. The van der Waals surface area contributed by atoms with Crippen LogP contribution in [0.15, 0.2) is 24.3 Å². The molecule has 1 N–H and O–H groups in total. The van der Waals surface area contributed by atoms with Crippen LogP contribution in [0, 0.1) is 0 Å². The van der Waals surface area contributed by atoms with Crippen LogP contribution in [0.4, 0.5) is 0 Å². The zero-order valence-electron chi connectivity index (χ0n) is 7.40. The Bertz CT molecular complexity index is 511. The molecule has 0 bridgehead atoms. The maximum Gasteiger partial charge on any atom is 0.335 e. The fraction of sp³-hybridized carbons (Fsp3) is 0. The molecule has 2 aromatic rings. The Balaban J connectivity index is 2.50. The van der Waals surface area contributed by atoms with E-state index in [1.165, 1.54) is 16.2 Å². The van der Waals surface area contributed by atoms with E-state index < -0.39 is 5.97 Å². The molecule has 0 amide bonds. The third-order valence-electron chi connectivity index (χ3n) is 1.82. The molecule has 0 radical (unpaired) electrons. The summed E-state index contributed by atoms with van der Waals surface area (Å²) in [7, 11) is 0. The van der Waals surface area contributed by atoms with Gasteiger partial charge in [0.25, 0.3) is 0 Å². The quantitative estimate of drug-likeness (QED) is 0.732. The van der Waals surface area contributed by atoms with Gasteiger partial charge in [-0.15, -0.1) is 5.10 Å². The van der Waals surface area contributed by atoms with Gasteiger partial charge in [-0.1, -0.05) is 12.1 Å². The van der Waals surface area contributed by atoms with Crippen molar-refractivity contribution < 1.29 is 9.90 Å². The fourth-order valence-corrected chi connectivity index (χ4v) is 1.34. The van der Waals surface area contributed by atoms with Crippen molar-refractivity contribution >= 4 is 18.8 Å². The summed E-state index contributed by atoms with van der Waals surface area (Å²) in [5.74, 6) is -0.587. The van der Waals surface area contributed by atoms with Crippen LogP contribution < -0.4 is 0 Å². The largest absolute Gasteiger partial charge is 0.478 e. The molecule has 6 nitrogen and oxygen atoms in total. The average Bonchev–Trinajstić information content (AvgIpc) is 2.64. The summed E-state index contributed by atoms with van der Waals surface area (Å²) in [6, 6.07) is 6.32. The van der Waals surface area contributed by atoms with Gasteiger partial charge in [-0.3, -0.25) is 0 Å². The van der Waals surface area contributed by atoms with Crippen molar-refractivity contribution in [2.75, 3.05) is 0 Å². The number of hydrogen-bond donors (Lipinski definition) is 2. The molecular weight excluding hydrogens is 216 g/mol. The van der Waals surface area contributed by atoms with Crippen molar-refractivity contribution in [3.63, 3.8) is 0 Å². The third-order valence-corrected chi connectivity index (χ3v) is 2.09. The Labute approximate surface area is 90.1 Å². The molecule has 2 rings (SSSR count). The standard InChI is InChI=1S/C8H6N4O2S/c13-8(14)6-3-1-2-5(4-6)7-9-10-11-12(7)15/h1-4,15H,(H,13,14). The van der Waals surface area contributed by atoms with E-state index in [1.807, 2.05) is 0 Å². The van der Waals surface area contributed by atoms with Gasteiger partial charge >= 0.3 is 5.97 Å². The summed E-state index contributed by atoms with van der Waals surface area (Å²) < 4.78 is 1.18. The number of tetrazole rings is 1. The van der Waals surface area contributed by atoms with Gasteiger partial charge in [0.1, 0.15) is 0 Å². The van der Waals surface area contributed by atoms with Gasteiger partial charge in [0.05, 0.1) is 5.56 Å². The SMILES string of the molecule is O=C(O)c1cccc(-c2nnnn2S)c1. The second kappa shape index (κ2) is 3.70. The first-order valence-corrected chi connectivity index (χ1v) is 4.40. The smallest absolute Gasteiger partial charge is 0.335 e. The number of aromatic nitrogens is 4. The molecule has 0 spiro atoms. The van der Waals surface area contributed by atoms with Crippen molar-refractivity contribution in [2.24, 2.45) is 0 Å². The van der Waals surface area contributed by atoms with Crippen LogP contribution in [-0.4, -0.2) is 30.7 Å². The van der Waals surface area contributed by atoms with Crippen LogP contribution in [0.3, 0.4) is 0 Å². The summed E-state index contributed by atoms with van der Waals surface area (Å²) in [6.45, 7) is 0. The van der Waals surface area contributed by atoms with Crippen molar-refractivity contribution in [3.05, 3.63) is 29.8 Å². The molecule has 0 unspecified atom stereocenters. The number of carboxylic acids is 1. The number of benzene rings is 1. The summed E-state index contributed by atoms with van der Waals surface area (Å²) in [5.41, 5.74) is 0.790. The Kier molecular flexibility index (Phi) is 2.38. The highest BCUT2D eigenvalue weighted by molar-refractivity contribution is 7.78. The van der Waals surface area contributed by atoms with E-state index in [0.29, 0.717) is 11.4 Å². The van der Waals surface area contributed by atoms with Crippen LogP contribution in [0.5, 0.6) is 0 Å². The molecule has 15 heavy (non-hydrogen) atoms. The third kappa shape index (κ3) is 1.82. The lowest BCUT2D eigenvalue weighted by atomic mass is 10.1. The molecule has 0 saturated heterocycles. The highest BCUT2D eigenvalue weighted by Gasteiger charge is 2.09. The zero-order valence-corrected chi connectivity index (χ0v) is 8.30. The van der Waals surface area contributed by atoms with E-state index in [-0.39, 0.29) is 5.56 Å². The van der Waals surface area contributed by atoms with Gasteiger partial charge in [0, 0.05) is 5.56 Å². The lowest BCUT2D eigenvalue weighted by Gasteiger charge is -1.99. The molecule has 1 aromatic heterocycles. The van der Waals surface area contributed by atoms with Crippen molar-refractivity contribution in [2.45, 2.75) is 0 Å². The maximum absolute atomic E-state index is 10.7. The van der Waals surface area contributed by atoms with Crippen LogP contribution in [-0.2, 0) is 0 Å². The van der Waals surface area contributed by atoms with Gasteiger partial charge in [0.15, 0.2) is 5.82 Å². The number of nitrogens with zero attached hydrogens (tertiary/aromatic N) is 4. The molecule has 0 aliphatic carbocycles. The molecule has 0 saturated carbocycles.